The first-order valence-corrected chi connectivity index (χ1v) is 11.7. The van der Waals surface area contributed by atoms with Gasteiger partial charge in [0.15, 0.2) is 0 Å². The fourth-order valence-corrected chi connectivity index (χ4v) is 4.50. The molecule has 1 aliphatic rings. The number of hydrazine groups is 1. The summed E-state index contributed by atoms with van der Waals surface area (Å²) < 4.78 is 1.58. The maximum absolute atomic E-state index is 12.9. The van der Waals surface area contributed by atoms with Gasteiger partial charge in [0.25, 0.3) is 5.91 Å². The highest BCUT2D eigenvalue weighted by Crippen LogP contribution is 2.24. The molecule has 11 heteroatoms. The van der Waals surface area contributed by atoms with Crippen LogP contribution >= 0.6 is 11.8 Å². The van der Waals surface area contributed by atoms with Gasteiger partial charge >= 0.3 is 6.03 Å². The third-order valence-corrected chi connectivity index (χ3v) is 6.60. The molecule has 34 heavy (non-hydrogen) atoms. The lowest BCUT2D eigenvalue weighted by atomic mass is 9.93. The molecule has 0 unspecified atom stereocenters. The lowest BCUT2D eigenvalue weighted by Gasteiger charge is -2.21. The van der Waals surface area contributed by atoms with Crippen molar-refractivity contribution < 1.29 is 14.4 Å². The summed E-state index contributed by atoms with van der Waals surface area (Å²) in [6.07, 6.45) is 1.02. The molecule has 1 atom stereocenters. The van der Waals surface area contributed by atoms with Gasteiger partial charge in [-0.3, -0.25) is 15.0 Å². The van der Waals surface area contributed by atoms with Crippen molar-refractivity contribution in [3.63, 3.8) is 0 Å². The largest absolute Gasteiger partial charge is 0.344 e. The van der Waals surface area contributed by atoms with Crippen LogP contribution in [0.2, 0.25) is 0 Å². The number of hydrogen-bond acceptors (Lipinski definition) is 7. The highest BCUT2D eigenvalue weighted by molar-refractivity contribution is 7.99. The van der Waals surface area contributed by atoms with Crippen molar-refractivity contribution in [2.45, 2.75) is 44.3 Å². The lowest BCUT2D eigenvalue weighted by molar-refractivity contribution is -0.138. The Morgan fingerprint density at radius 2 is 1.79 bits per heavy atom. The van der Waals surface area contributed by atoms with Crippen LogP contribution in [0.15, 0.2) is 53.7 Å². The number of aromatic nitrogens is 4. The molecule has 1 aliphatic heterocycles. The van der Waals surface area contributed by atoms with Crippen LogP contribution < -0.4 is 10.7 Å². The number of nitrogens with one attached hydrogen (secondary N) is 2. The molecule has 0 saturated carbocycles. The van der Waals surface area contributed by atoms with Gasteiger partial charge in [-0.25, -0.2) is 4.79 Å². The number of aryl methyl sites for hydroxylation is 3. The average Bonchev–Trinajstić information content (AvgIpc) is 3.35. The molecular formula is C23H25N7O3S. The first-order chi connectivity index (χ1) is 16.3. The molecule has 176 valence electrons. The number of imide groups is 1. The van der Waals surface area contributed by atoms with Crippen molar-refractivity contribution in [2.75, 3.05) is 5.75 Å². The molecule has 0 spiro atoms. The zero-order valence-corrected chi connectivity index (χ0v) is 19.9. The van der Waals surface area contributed by atoms with Gasteiger partial charge in [-0.1, -0.05) is 60.3 Å². The Hall–Kier alpha value is -3.73. The molecule has 2 N–H and O–H groups in total. The van der Waals surface area contributed by atoms with Gasteiger partial charge in [0, 0.05) is 0 Å². The SMILES string of the molecule is Cc1cccc(C)c1-n1nnnc1SCC(=O)NN1C(=O)N[C@@](C)(CCc2ccccc2)C1=O. The molecule has 0 radical (unpaired) electrons. The predicted molar refractivity (Wildman–Crippen MR) is 126 cm³/mol. The van der Waals surface area contributed by atoms with E-state index in [-0.39, 0.29) is 5.75 Å². The Morgan fingerprint density at radius 3 is 2.50 bits per heavy atom. The summed E-state index contributed by atoms with van der Waals surface area (Å²) in [7, 11) is 0. The van der Waals surface area contributed by atoms with E-state index in [1.165, 1.54) is 0 Å². The summed E-state index contributed by atoms with van der Waals surface area (Å²) in [4.78, 5) is 37.9. The minimum Gasteiger partial charge on any atom is -0.322 e. The Labute approximate surface area is 201 Å². The smallest absolute Gasteiger partial charge is 0.322 e. The van der Waals surface area contributed by atoms with Gasteiger partial charge < -0.3 is 5.32 Å². The van der Waals surface area contributed by atoms with Crippen molar-refractivity contribution in [3.8, 4) is 5.69 Å². The van der Waals surface area contributed by atoms with E-state index in [0.29, 0.717) is 18.0 Å². The molecule has 4 amide bonds. The number of thioether (sulfide) groups is 1. The van der Waals surface area contributed by atoms with E-state index in [1.807, 2.05) is 62.4 Å². The second-order valence-corrected chi connectivity index (χ2v) is 9.27. The molecule has 1 aromatic heterocycles. The van der Waals surface area contributed by atoms with Crippen molar-refractivity contribution in [3.05, 3.63) is 65.2 Å². The number of carbonyl (C=O) groups is 3. The van der Waals surface area contributed by atoms with Gasteiger partial charge in [0.05, 0.1) is 11.4 Å². The zero-order valence-electron chi connectivity index (χ0n) is 19.1. The molecule has 4 rings (SSSR count). The first kappa shape index (κ1) is 23.4. The minimum absolute atomic E-state index is 0.0803. The summed E-state index contributed by atoms with van der Waals surface area (Å²) in [6, 6.07) is 14.9. The number of hydrogen-bond donors (Lipinski definition) is 2. The van der Waals surface area contributed by atoms with Crippen LogP contribution in [-0.2, 0) is 16.0 Å². The van der Waals surface area contributed by atoms with E-state index in [0.717, 1.165) is 39.1 Å². The number of rotatable bonds is 8. The molecule has 1 saturated heterocycles. The maximum Gasteiger partial charge on any atom is 0.344 e. The van der Waals surface area contributed by atoms with Crippen LogP contribution in [0.1, 0.15) is 30.0 Å². The maximum atomic E-state index is 12.9. The normalized spacial score (nSPS) is 17.7. The molecule has 0 aliphatic carbocycles. The van der Waals surface area contributed by atoms with Crippen molar-refractivity contribution in [1.82, 2.24) is 36.0 Å². The molecule has 2 aromatic carbocycles. The summed E-state index contributed by atoms with van der Waals surface area (Å²) in [5.74, 6) is -1.09. The number of urea groups is 1. The standard InChI is InChI=1S/C23H25N7O3S/c1-15-8-7-9-16(2)19(15)29-22(25-27-28-29)34-14-18(31)26-30-20(32)23(3,24-21(30)33)13-12-17-10-5-4-6-11-17/h4-11H,12-14H2,1-3H3,(H,24,33)(H,26,31)/t23-/m0/s1. The molecule has 1 fully saturated rings. The summed E-state index contributed by atoms with van der Waals surface area (Å²) in [6.45, 7) is 5.57. The van der Waals surface area contributed by atoms with E-state index in [1.54, 1.807) is 11.6 Å². The average molecular weight is 480 g/mol. The molecule has 0 bridgehead atoms. The Morgan fingerprint density at radius 1 is 1.09 bits per heavy atom. The van der Waals surface area contributed by atoms with E-state index < -0.39 is 23.4 Å². The number of para-hydroxylation sites is 1. The quantitative estimate of drug-likeness (QED) is 0.376. The second kappa shape index (κ2) is 9.64. The number of carbonyl (C=O) groups excluding carboxylic acids is 3. The van der Waals surface area contributed by atoms with Gasteiger partial charge in [0.1, 0.15) is 5.54 Å². The Balaban J connectivity index is 1.37. The van der Waals surface area contributed by atoms with Crippen LogP contribution in [0, 0.1) is 13.8 Å². The summed E-state index contributed by atoms with van der Waals surface area (Å²) in [5, 5.41) is 15.7. The fraction of sp³-hybridized carbons (Fsp3) is 0.304. The van der Waals surface area contributed by atoms with Gasteiger partial charge in [-0.05, 0) is 60.7 Å². The fourth-order valence-electron chi connectivity index (χ4n) is 3.83. The highest BCUT2D eigenvalue weighted by Gasteiger charge is 2.48. The van der Waals surface area contributed by atoms with E-state index in [9.17, 15) is 14.4 Å². The lowest BCUT2D eigenvalue weighted by Crippen LogP contribution is -2.49. The van der Waals surface area contributed by atoms with E-state index in [4.69, 9.17) is 0 Å². The number of nitrogens with zero attached hydrogens (tertiary/aromatic N) is 5. The Kier molecular flexibility index (Phi) is 6.64. The van der Waals surface area contributed by atoms with Crippen molar-refractivity contribution >= 4 is 29.6 Å². The summed E-state index contributed by atoms with van der Waals surface area (Å²) >= 11 is 1.11. The number of amides is 4. The van der Waals surface area contributed by atoms with E-state index in [2.05, 4.69) is 26.3 Å². The summed E-state index contributed by atoms with van der Waals surface area (Å²) in [5.41, 5.74) is 5.21. The van der Waals surface area contributed by atoms with Crippen LogP contribution in [0.3, 0.4) is 0 Å². The topological polar surface area (TPSA) is 122 Å². The van der Waals surface area contributed by atoms with Gasteiger partial charge in [-0.2, -0.15) is 9.69 Å². The monoisotopic (exact) mass is 479 g/mol. The number of benzene rings is 2. The van der Waals surface area contributed by atoms with Crippen LogP contribution in [0.25, 0.3) is 5.69 Å². The third kappa shape index (κ3) is 4.79. The van der Waals surface area contributed by atoms with Crippen molar-refractivity contribution in [1.29, 1.82) is 0 Å². The molecule has 10 nitrogen and oxygen atoms in total. The molecule has 3 aromatic rings. The highest BCUT2D eigenvalue weighted by atomic mass is 32.2. The molecular weight excluding hydrogens is 454 g/mol. The van der Waals surface area contributed by atoms with Crippen molar-refractivity contribution in [2.24, 2.45) is 0 Å². The predicted octanol–water partition coefficient (Wildman–Crippen LogP) is 2.35. The van der Waals surface area contributed by atoms with Gasteiger partial charge in [0.2, 0.25) is 11.1 Å². The second-order valence-electron chi connectivity index (χ2n) is 8.33. The first-order valence-electron chi connectivity index (χ1n) is 10.8. The zero-order chi connectivity index (χ0) is 24.3. The van der Waals surface area contributed by atoms with E-state index >= 15 is 0 Å². The van der Waals surface area contributed by atoms with Crippen LogP contribution in [0.5, 0.6) is 0 Å². The van der Waals surface area contributed by atoms with Gasteiger partial charge in [-0.15, -0.1) is 5.10 Å². The Bertz CT molecular complexity index is 1210. The third-order valence-electron chi connectivity index (χ3n) is 5.68. The number of tetrazole rings is 1. The minimum atomic E-state index is -1.10. The van der Waals surface area contributed by atoms with Crippen LogP contribution in [0.4, 0.5) is 4.79 Å². The van der Waals surface area contributed by atoms with Crippen LogP contribution in [-0.4, -0.2) is 54.4 Å². The molecule has 2 heterocycles.